The molecular formula is C10H22N2O. The van der Waals surface area contributed by atoms with Gasteiger partial charge in [-0.2, -0.15) is 0 Å². The third kappa shape index (κ3) is 7.96. The maximum Gasteiger partial charge on any atom is 0.0593 e. The molecule has 0 aromatic heterocycles. The van der Waals surface area contributed by atoms with E-state index in [4.69, 9.17) is 4.74 Å². The van der Waals surface area contributed by atoms with E-state index in [0.717, 1.165) is 32.8 Å². The van der Waals surface area contributed by atoms with Crippen LogP contribution < -0.4 is 5.32 Å². The van der Waals surface area contributed by atoms with Crippen molar-refractivity contribution in [2.75, 3.05) is 46.9 Å². The molecule has 0 saturated carbocycles. The van der Waals surface area contributed by atoms with E-state index in [2.05, 4.69) is 23.8 Å². The van der Waals surface area contributed by atoms with Crippen LogP contribution >= 0.6 is 0 Å². The normalized spacial score (nSPS) is 10.8. The van der Waals surface area contributed by atoms with Gasteiger partial charge >= 0.3 is 0 Å². The van der Waals surface area contributed by atoms with E-state index in [-0.39, 0.29) is 0 Å². The quantitative estimate of drug-likeness (QED) is 0.447. The Balaban J connectivity index is 3.38. The van der Waals surface area contributed by atoms with Gasteiger partial charge in [-0.05, 0) is 26.6 Å². The number of rotatable bonds is 8. The van der Waals surface area contributed by atoms with Crippen LogP contribution in [0.25, 0.3) is 0 Å². The monoisotopic (exact) mass is 186 g/mol. The van der Waals surface area contributed by atoms with Crippen molar-refractivity contribution in [2.45, 2.75) is 6.92 Å². The highest BCUT2D eigenvalue weighted by Crippen LogP contribution is 1.92. The SMILES string of the molecule is C=C(CNC)CN(C)CCOCC. The summed E-state index contributed by atoms with van der Waals surface area (Å²) >= 11 is 0. The summed E-state index contributed by atoms with van der Waals surface area (Å²) in [6.07, 6.45) is 0. The minimum Gasteiger partial charge on any atom is -0.380 e. The lowest BCUT2D eigenvalue weighted by Crippen LogP contribution is -2.27. The van der Waals surface area contributed by atoms with Crippen molar-refractivity contribution >= 4 is 0 Å². The molecule has 1 N–H and O–H groups in total. The predicted octanol–water partition coefficient (Wildman–Crippen LogP) is 0.730. The lowest BCUT2D eigenvalue weighted by molar-refractivity contribution is 0.125. The molecule has 0 aliphatic carbocycles. The van der Waals surface area contributed by atoms with Crippen LogP contribution in [-0.4, -0.2) is 51.8 Å². The summed E-state index contributed by atoms with van der Waals surface area (Å²) in [4.78, 5) is 2.22. The zero-order valence-corrected chi connectivity index (χ0v) is 9.10. The molecular weight excluding hydrogens is 164 g/mol. The Labute approximate surface area is 81.8 Å². The second kappa shape index (κ2) is 8.23. The standard InChI is InChI=1S/C10H22N2O/c1-5-13-7-6-12(4)9-10(2)8-11-3/h11H,2,5-9H2,1,3-4H3. The van der Waals surface area contributed by atoms with Crippen molar-refractivity contribution in [3.8, 4) is 0 Å². The van der Waals surface area contributed by atoms with Gasteiger partial charge in [0.15, 0.2) is 0 Å². The fraction of sp³-hybridized carbons (Fsp3) is 0.800. The smallest absolute Gasteiger partial charge is 0.0593 e. The fourth-order valence-electron chi connectivity index (χ4n) is 1.13. The zero-order chi connectivity index (χ0) is 10.1. The molecule has 0 aromatic rings. The molecule has 0 bridgehead atoms. The third-order valence-electron chi connectivity index (χ3n) is 1.74. The van der Waals surface area contributed by atoms with E-state index in [1.165, 1.54) is 5.57 Å². The van der Waals surface area contributed by atoms with Gasteiger partial charge in [-0.1, -0.05) is 6.58 Å². The van der Waals surface area contributed by atoms with Crippen molar-refractivity contribution < 1.29 is 4.74 Å². The number of ether oxygens (including phenoxy) is 1. The number of likely N-dealkylation sites (N-methyl/N-ethyl adjacent to an activating group) is 2. The van der Waals surface area contributed by atoms with E-state index in [1.807, 2.05) is 14.0 Å². The second-order valence-corrected chi connectivity index (χ2v) is 3.22. The summed E-state index contributed by atoms with van der Waals surface area (Å²) in [5, 5.41) is 3.08. The van der Waals surface area contributed by atoms with E-state index >= 15 is 0 Å². The van der Waals surface area contributed by atoms with Gasteiger partial charge < -0.3 is 15.0 Å². The van der Waals surface area contributed by atoms with Gasteiger partial charge in [0.05, 0.1) is 6.61 Å². The topological polar surface area (TPSA) is 24.5 Å². The first-order valence-electron chi connectivity index (χ1n) is 4.78. The molecule has 0 aliphatic rings. The number of hydrogen-bond donors (Lipinski definition) is 1. The van der Waals surface area contributed by atoms with Gasteiger partial charge in [0, 0.05) is 26.2 Å². The molecule has 0 unspecified atom stereocenters. The van der Waals surface area contributed by atoms with Gasteiger partial charge in [0.1, 0.15) is 0 Å². The Hall–Kier alpha value is -0.380. The molecule has 0 aliphatic heterocycles. The summed E-state index contributed by atoms with van der Waals surface area (Å²) in [5.74, 6) is 0. The summed E-state index contributed by atoms with van der Waals surface area (Å²) < 4.78 is 5.26. The van der Waals surface area contributed by atoms with Crippen molar-refractivity contribution in [3.05, 3.63) is 12.2 Å². The summed E-state index contributed by atoms with van der Waals surface area (Å²) in [7, 11) is 4.02. The Morgan fingerprint density at radius 2 is 2.23 bits per heavy atom. The highest BCUT2D eigenvalue weighted by molar-refractivity contribution is 4.98. The molecule has 0 rings (SSSR count). The molecule has 0 amide bonds. The van der Waals surface area contributed by atoms with E-state index < -0.39 is 0 Å². The lowest BCUT2D eigenvalue weighted by atomic mass is 10.3. The van der Waals surface area contributed by atoms with Crippen molar-refractivity contribution in [1.29, 1.82) is 0 Å². The summed E-state index contributed by atoms with van der Waals surface area (Å²) in [6, 6.07) is 0. The average molecular weight is 186 g/mol. The van der Waals surface area contributed by atoms with Crippen LogP contribution in [0.4, 0.5) is 0 Å². The van der Waals surface area contributed by atoms with Crippen LogP contribution in [-0.2, 0) is 4.74 Å². The maximum absolute atomic E-state index is 5.26. The van der Waals surface area contributed by atoms with Crippen LogP contribution in [0.2, 0.25) is 0 Å². The highest BCUT2D eigenvalue weighted by atomic mass is 16.5. The Morgan fingerprint density at radius 1 is 1.54 bits per heavy atom. The molecule has 0 fully saturated rings. The number of nitrogens with zero attached hydrogens (tertiary/aromatic N) is 1. The van der Waals surface area contributed by atoms with E-state index in [9.17, 15) is 0 Å². The van der Waals surface area contributed by atoms with Gasteiger partial charge in [-0.15, -0.1) is 0 Å². The molecule has 0 radical (unpaired) electrons. The van der Waals surface area contributed by atoms with Crippen molar-refractivity contribution in [1.82, 2.24) is 10.2 Å². The van der Waals surface area contributed by atoms with Crippen molar-refractivity contribution in [2.24, 2.45) is 0 Å². The van der Waals surface area contributed by atoms with Crippen LogP contribution in [0.3, 0.4) is 0 Å². The van der Waals surface area contributed by atoms with Gasteiger partial charge in [-0.25, -0.2) is 0 Å². The number of hydrogen-bond acceptors (Lipinski definition) is 3. The minimum absolute atomic E-state index is 0.797. The van der Waals surface area contributed by atoms with Crippen LogP contribution in [0.1, 0.15) is 6.92 Å². The predicted molar refractivity (Wildman–Crippen MR) is 57.1 cm³/mol. The van der Waals surface area contributed by atoms with Crippen LogP contribution in [0.15, 0.2) is 12.2 Å². The molecule has 0 spiro atoms. The summed E-state index contributed by atoms with van der Waals surface area (Å²) in [5.41, 5.74) is 1.21. The third-order valence-corrected chi connectivity index (χ3v) is 1.74. The number of nitrogens with one attached hydrogen (secondary N) is 1. The van der Waals surface area contributed by atoms with Crippen LogP contribution in [0, 0.1) is 0 Å². The molecule has 0 saturated heterocycles. The molecule has 78 valence electrons. The van der Waals surface area contributed by atoms with Gasteiger partial charge in [-0.3, -0.25) is 0 Å². The first kappa shape index (κ1) is 12.6. The maximum atomic E-state index is 5.26. The Morgan fingerprint density at radius 3 is 2.77 bits per heavy atom. The zero-order valence-electron chi connectivity index (χ0n) is 9.10. The first-order chi connectivity index (χ1) is 6.20. The van der Waals surface area contributed by atoms with Gasteiger partial charge in [0.2, 0.25) is 0 Å². The highest BCUT2D eigenvalue weighted by Gasteiger charge is 1.99. The molecule has 3 nitrogen and oxygen atoms in total. The minimum atomic E-state index is 0.797. The largest absolute Gasteiger partial charge is 0.380 e. The second-order valence-electron chi connectivity index (χ2n) is 3.22. The molecule has 3 heteroatoms. The molecule has 0 atom stereocenters. The molecule has 13 heavy (non-hydrogen) atoms. The van der Waals surface area contributed by atoms with Gasteiger partial charge in [0.25, 0.3) is 0 Å². The fourth-order valence-corrected chi connectivity index (χ4v) is 1.13. The van der Waals surface area contributed by atoms with Crippen LogP contribution in [0.5, 0.6) is 0 Å². The Kier molecular flexibility index (Phi) is 7.99. The molecule has 0 aromatic carbocycles. The summed E-state index contributed by atoms with van der Waals surface area (Å²) in [6.45, 7) is 10.4. The Bertz CT molecular complexity index is 137. The van der Waals surface area contributed by atoms with E-state index in [1.54, 1.807) is 0 Å². The van der Waals surface area contributed by atoms with E-state index in [0.29, 0.717) is 0 Å². The lowest BCUT2D eigenvalue weighted by Gasteiger charge is -2.17. The van der Waals surface area contributed by atoms with Crippen molar-refractivity contribution in [3.63, 3.8) is 0 Å². The average Bonchev–Trinajstić information content (AvgIpc) is 2.05. The molecule has 0 heterocycles. The first-order valence-corrected chi connectivity index (χ1v) is 4.78.